The Balaban J connectivity index is 4.32. The van der Waals surface area contributed by atoms with Gasteiger partial charge in [0.2, 0.25) is 0 Å². The average Bonchev–Trinajstić information content (AvgIpc) is 3.40. The van der Waals surface area contributed by atoms with Gasteiger partial charge in [-0.3, -0.25) is 14.4 Å². The standard InChI is InChI=1S/C68H116O6/c1-4-7-10-13-16-19-22-25-27-29-30-31-32-33-34-35-36-37-39-40-43-46-49-52-55-58-61-67(70)73-64-65(63-72-66(69)60-57-54-51-48-45-42-24-21-18-15-12-9-6-3)74-68(71)62-59-56-53-50-47-44-41-38-28-26-23-20-17-14-11-8-5-2/h8-9,11-12,17-18,20-21,26,28,41-42,44-45,50,53,65H,4-7,10,13-16,19,22-25,27,29-40,43,46-49,51-52,54-64H2,1-3H3/b11-8-,12-9-,20-17-,21-18-,28-26-,44-41-,45-42-,53-50-. The Morgan fingerprint density at radius 3 is 0.865 bits per heavy atom. The van der Waals surface area contributed by atoms with E-state index in [2.05, 4.69) is 118 Å². The Bertz CT molecular complexity index is 1460. The van der Waals surface area contributed by atoms with Gasteiger partial charge < -0.3 is 14.2 Å². The summed E-state index contributed by atoms with van der Waals surface area (Å²) in [6.45, 7) is 6.36. The van der Waals surface area contributed by atoms with Crippen molar-refractivity contribution in [1.82, 2.24) is 0 Å². The van der Waals surface area contributed by atoms with E-state index in [1.165, 1.54) is 148 Å². The Morgan fingerprint density at radius 2 is 0.541 bits per heavy atom. The number of rotatable bonds is 56. The van der Waals surface area contributed by atoms with Gasteiger partial charge in [-0.15, -0.1) is 0 Å². The molecule has 1 atom stereocenters. The van der Waals surface area contributed by atoms with Crippen LogP contribution in [0.5, 0.6) is 0 Å². The maximum absolute atomic E-state index is 12.8. The third-order valence-corrected chi connectivity index (χ3v) is 13.3. The quantitative estimate of drug-likeness (QED) is 0.0261. The summed E-state index contributed by atoms with van der Waals surface area (Å²) in [5.41, 5.74) is 0. The summed E-state index contributed by atoms with van der Waals surface area (Å²) in [6, 6.07) is 0. The van der Waals surface area contributed by atoms with Crippen molar-refractivity contribution < 1.29 is 28.6 Å². The van der Waals surface area contributed by atoms with Gasteiger partial charge in [0.05, 0.1) is 0 Å². The van der Waals surface area contributed by atoms with Crippen molar-refractivity contribution in [2.24, 2.45) is 0 Å². The van der Waals surface area contributed by atoms with E-state index in [0.29, 0.717) is 19.3 Å². The summed E-state index contributed by atoms with van der Waals surface area (Å²) < 4.78 is 16.8. The van der Waals surface area contributed by atoms with Gasteiger partial charge in [-0.25, -0.2) is 0 Å². The fraction of sp³-hybridized carbons (Fsp3) is 0.721. The molecule has 0 saturated carbocycles. The van der Waals surface area contributed by atoms with Gasteiger partial charge in [-0.1, -0.05) is 285 Å². The van der Waals surface area contributed by atoms with E-state index in [9.17, 15) is 14.4 Å². The van der Waals surface area contributed by atoms with Crippen LogP contribution in [0.25, 0.3) is 0 Å². The fourth-order valence-corrected chi connectivity index (χ4v) is 8.73. The van der Waals surface area contributed by atoms with E-state index in [-0.39, 0.29) is 37.5 Å². The molecule has 1 unspecified atom stereocenters. The first-order valence-corrected chi connectivity index (χ1v) is 31.2. The lowest BCUT2D eigenvalue weighted by Crippen LogP contribution is -2.30. The van der Waals surface area contributed by atoms with Crippen LogP contribution in [0.3, 0.4) is 0 Å². The third kappa shape index (κ3) is 59.2. The van der Waals surface area contributed by atoms with E-state index < -0.39 is 6.10 Å². The zero-order valence-corrected chi connectivity index (χ0v) is 48.6. The van der Waals surface area contributed by atoms with E-state index in [1.807, 2.05) is 0 Å². The van der Waals surface area contributed by atoms with Gasteiger partial charge in [-0.2, -0.15) is 0 Å². The molecule has 0 heterocycles. The molecule has 0 aromatic rings. The second-order valence-corrected chi connectivity index (χ2v) is 20.6. The van der Waals surface area contributed by atoms with Crippen LogP contribution in [0.2, 0.25) is 0 Å². The van der Waals surface area contributed by atoms with E-state index in [0.717, 1.165) is 103 Å². The molecule has 0 aliphatic heterocycles. The topological polar surface area (TPSA) is 78.9 Å². The van der Waals surface area contributed by atoms with Crippen LogP contribution in [0.4, 0.5) is 0 Å². The Kier molecular flexibility index (Phi) is 58.8. The first-order chi connectivity index (χ1) is 36.5. The monoisotopic (exact) mass is 1030 g/mol. The minimum Gasteiger partial charge on any atom is -0.462 e. The molecular formula is C68H116O6. The van der Waals surface area contributed by atoms with Crippen molar-refractivity contribution in [2.45, 2.75) is 303 Å². The van der Waals surface area contributed by atoms with Crippen LogP contribution >= 0.6 is 0 Å². The van der Waals surface area contributed by atoms with Gasteiger partial charge >= 0.3 is 17.9 Å². The number of unbranched alkanes of at least 4 members (excludes halogenated alkanes) is 29. The Morgan fingerprint density at radius 1 is 0.284 bits per heavy atom. The largest absolute Gasteiger partial charge is 0.462 e. The number of hydrogen-bond donors (Lipinski definition) is 0. The molecule has 6 nitrogen and oxygen atoms in total. The van der Waals surface area contributed by atoms with Crippen LogP contribution in [-0.2, 0) is 28.6 Å². The first kappa shape index (κ1) is 70.3. The van der Waals surface area contributed by atoms with Crippen molar-refractivity contribution in [3.05, 3.63) is 97.2 Å². The van der Waals surface area contributed by atoms with Crippen molar-refractivity contribution in [1.29, 1.82) is 0 Å². The fourth-order valence-electron chi connectivity index (χ4n) is 8.73. The summed E-state index contributed by atoms with van der Waals surface area (Å²) >= 11 is 0. The number of esters is 3. The predicted octanol–water partition coefficient (Wildman–Crippen LogP) is 21.3. The zero-order chi connectivity index (χ0) is 53.6. The van der Waals surface area contributed by atoms with Gasteiger partial charge in [0, 0.05) is 19.3 Å². The minimum absolute atomic E-state index is 0.108. The third-order valence-electron chi connectivity index (χ3n) is 13.3. The highest BCUT2D eigenvalue weighted by atomic mass is 16.6. The molecule has 0 bridgehead atoms. The van der Waals surface area contributed by atoms with Crippen molar-refractivity contribution >= 4 is 17.9 Å². The number of carbonyl (C=O) groups is 3. The molecule has 0 fully saturated rings. The summed E-state index contributed by atoms with van der Waals surface area (Å²) in [5.74, 6) is -0.991. The van der Waals surface area contributed by atoms with Crippen LogP contribution in [0, 0.1) is 0 Å². The Labute approximate surface area is 457 Å². The number of carbonyl (C=O) groups excluding carboxylic acids is 3. The molecule has 0 saturated heterocycles. The van der Waals surface area contributed by atoms with Crippen molar-refractivity contribution in [3.8, 4) is 0 Å². The molecule has 0 rings (SSSR count). The molecule has 0 N–H and O–H groups in total. The molecule has 424 valence electrons. The normalized spacial score (nSPS) is 12.7. The van der Waals surface area contributed by atoms with E-state index in [4.69, 9.17) is 14.2 Å². The summed E-state index contributed by atoms with van der Waals surface area (Å²) in [4.78, 5) is 38.2. The van der Waals surface area contributed by atoms with Crippen LogP contribution in [0.15, 0.2) is 97.2 Å². The van der Waals surface area contributed by atoms with Gasteiger partial charge in [0.15, 0.2) is 6.10 Å². The maximum Gasteiger partial charge on any atom is 0.306 e. The molecule has 0 amide bonds. The number of allylic oxidation sites excluding steroid dienone is 16. The summed E-state index contributed by atoms with van der Waals surface area (Å²) in [7, 11) is 0. The molecule has 0 aromatic carbocycles. The molecule has 0 aliphatic carbocycles. The molecule has 0 spiro atoms. The second kappa shape index (κ2) is 61.9. The maximum atomic E-state index is 12.8. The average molecular weight is 1030 g/mol. The molecule has 0 radical (unpaired) electrons. The summed E-state index contributed by atoms with van der Waals surface area (Å²) in [5, 5.41) is 0. The van der Waals surface area contributed by atoms with Crippen LogP contribution in [-0.4, -0.2) is 37.2 Å². The molecular weight excluding hydrogens is 913 g/mol. The molecule has 0 aliphatic rings. The van der Waals surface area contributed by atoms with Crippen LogP contribution < -0.4 is 0 Å². The lowest BCUT2D eigenvalue weighted by atomic mass is 10.0. The van der Waals surface area contributed by atoms with E-state index >= 15 is 0 Å². The molecule has 6 heteroatoms. The lowest BCUT2D eigenvalue weighted by molar-refractivity contribution is -0.167. The van der Waals surface area contributed by atoms with Crippen molar-refractivity contribution in [3.63, 3.8) is 0 Å². The highest BCUT2D eigenvalue weighted by molar-refractivity contribution is 5.71. The highest BCUT2D eigenvalue weighted by Crippen LogP contribution is 2.17. The SMILES string of the molecule is CC/C=C\C/C=C\C/C=C\C/C=C\C/C=C\CCCC(=O)OC(COC(=O)CCCCC/C=C\C/C=C\C/C=C\CC)COC(=O)CCCCCCCCCCCCCCCCCCCCCCCCCCCC. The highest BCUT2D eigenvalue weighted by Gasteiger charge is 2.19. The van der Waals surface area contributed by atoms with Gasteiger partial charge in [-0.05, 0) is 89.9 Å². The predicted molar refractivity (Wildman–Crippen MR) is 320 cm³/mol. The van der Waals surface area contributed by atoms with Crippen LogP contribution in [0.1, 0.15) is 297 Å². The molecule has 74 heavy (non-hydrogen) atoms. The first-order valence-electron chi connectivity index (χ1n) is 31.2. The summed E-state index contributed by atoms with van der Waals surface area (Å²) in [6.07, 6.45) is 83.0. The van der Waals surface area contributed by atoms with Gasteiger partial charge in [0.25, 0.3) is 0 Å². The minimum atomic E-state index is -0.820. The lowest BCUT2D eigenvalue weighted by Gasteiger charge is -2.18. The zero-order valence-electron chi connectivity index (χ0n) is 48.6. The molecule has 0 aromatic heterocycles. The second-order valence-electron chi connectivity index (χ2n) is 20.6. The Hall–Kier alpha value is -3.67. The number of hydrogen-bond acceptors (Lipinski definition) is 6. The van der Waals surface area contributed by atoms with E-state index in [1.54, 1.807) is 0 Å². The number of ether oxygens (including phenoxy) is 3. The smallest absolute Gasteiger partial charge is 0.306 e. The van der Waals surface area contributed by atoms with Crippen molar-refractivity contribution in [2.75, 3.05) is 13.2 Å². The van der Waals surface area contributed by atoms with Gasteiger partial charge in [0.1, 0.15) is 13.2 Å².